The fourth-order valence-electron chi connectivity index (χ4n) is 4.17. The molecule has 3 rings (SSSR count). The molecule has 1 heterocycles. The Hall–Kier alpha value is -2.07. The topological polar surface area (TPSA) is 18.5 Å². The Kier molecular flexibility index (Phi) is 8.15. The summed E-state index contributed by atoms with van der Waals surface area (Å²) < 4.78 is 0. The second-order valence-corrected chi connectivity index (χ2v) is 8.98. The molecule has 1 N–H and O–H groups in total. The van der Waals surface area contributed by atoms with Crippen molar-refractivity contribution < 1.29 is 0 Å². The van der Waals surface area contributed by atoms with Crippen molar-refractivity contribution in [3.63, 3.8) is 0 Å². The standard InChI is InChI=1S/C26H37N3S/c1-5-7-15-28-16-9-11-23-18-22(13-14-25(23)28)19-29(21(4)6-2)26(30)27-24-12-8-10-20(3)17-24/h8,10,12-14,17-18,21H,5-7,9,11,15-16,19H2,1-4H3,(H,27,30)/t21-/m0/s1. The molecule has 0 saturated heterocycles. The molecule has 0 aliphatic carbocycles. The third-order valence-corrected chi connectivity index (χ3v) is 6.48. The molecule has 0 spiro atoms. The minimum atomic E-state index is 0.381. The Morgan fingerprint density at radius 1 is 1.20 bits per heavy atom. The zero-order valence-corrected chi connectivity index (χ0v) is 19.9. The van der Waals surface area contributed by atoms with Crippen LogP contribution in [0.1, 0.15) is 63.1 Å². The van der Waals surface area contributed by atoms with Crippen LogP contribution in [0.25, 0.3) is 0 Å². The zero-order valence-electron chi connectivity index (χ0n) is 19.1. The van der Waals surface area contributed by atoms with Crippen LogP contribution in [0.15, 0.2) is 42.5 Å². The van der Waals surface area contributed by atoms with Gasteiger partial charge in [-0.3, -0.25) is 0 Å². The van der Waals surface area contributed by atoms with Gasteiger partial charge in [0.2, 0.25) is 0 Å². The average molecular weight is 424 g/mol. The average Bonchev–Trinajstić information content (AvgIpc) is 2.75. The molecule has 162 valence electrons. The Morgan fingerprint density at radius 2 is 2.03 bits per heavy atom. The fraction of sp³-hybridized carbons (Fsp3) is 0.500. The van der Waals surface area contributed by atoms with Crippen LogP contribution in [-0.2, 0) is 13.0 Å². The van der Waals surface area contributed by atoms with E-state index in [1.165, 1.54) is 61.2 Å². The Balaban J connectivity index is 1.75. The molecule has 2 aromatic carbocycles. The van der Waals surface area contributed by atoms with Gasteiger partial charge in [-0.05, 0) is 86.6 Å². The molecule has 0 amide bonds. The van der Waals surface area contributed by atoms with E-state index in [4.69, 9.17) is 12.2 Å². The molecule has 3 nitrogen and oxygen atoms in total. The molecule has 0 fully saturated rings. The molecule has 0 unspecified atom stereocenters. The van der Waals surface area contributed by atoms with Gasteiger partial charge in [0.25, 0.3) is 0 Å². The van der Waals surface area contributed by atoms with Crippen molar-refractivity contribution in [3.8, 4) is 0 Å². The maximum Gasteiger partial charge on any atom is 0.173 e. The number of anilines is 2. The van der Waals surface area contributed by atoms with Gasteiger partial charge in [-0.25, -0.2) is 0 Å². The number of hydrogen-bond donors (Lipinski definition) is 1. The Bertz CT molecular complexity index is 848. The van der Waals surface area contributed by atoms with Gasteiger partial charge in [0.05, 0.1) is 0 Å². The van der Waals surface area contributed by atoms with E-state index >= 15 is 0 Å². The number of fused-ring (bicyclic) bond motifs is 1. The highest BCUT2D eigenvalue weighted by Gasteiger charge is 2.20. The molecule has 1 aliphatic rings. The van der Waals surface area contributed by atoms with Crippen molar-refractivity contribution in [2.45, 2.75) is 72.4 Å². The molecule has 4 heteroatoms. The van der Waals surface area contributed by atoms with Gasteiger partial charge in [0.15, 0.2) is 5.11 Å². The minimum absolute atomic E-state index is 0.381. The van der Waals surface area contributed by atoms with E-state index in [0.717, 1.165) is 23.8 Å². The third kappa shape index (κ3) is 5.75. The van der Waals surface area contributed by atoms with Gasteiger partial charge in [0, 0.05) is 37.1 Å². The predicted molar refractivity (Wildman–Crippen MR) is 135 cm³/mol. The summed E-state index contributed by atoms with van der Waals surface area (Å²) in [5, 5.41) is 4.26. The first-order valence-corrected chi connectivity index (χ1v) is 11.9. The molecule has 2 aromatic rings. The second kappa shape index (κ2) is 10.8. The second-order valence-electron chi connectivity index (χ2n) is 8.59. The highest BCUT2D eigenvalue weighted by Crippen LogP contribution is 2.29. The summed E-state index contributed by atoms with van der Waals surface area (Å²) >= 11 is 5.84. The molecule has 1 atom stereocenters. The zero-order chi connectivity index (χ0) is 21.5. The fourth-order valence-corrected chi connectivity index (χ4v) is 4.53. The first kappa shape index (κ1) is 22.6. The van der Waals surface area contributed by atoms with E-state index in [0.29, 0.717) is 6.04 Å². The molecule has 0 saturated carbocycles. The summed E-state index contributed by atoms with van der Waals surface area (Å²) in [6, 6.07) is 15.8. The van der Waals surface area contributed by atoms with Crippen molar-refractivity contribution in [3.05, 3.63) is 59.2 Å². The number of benzene rings is 2. The number of aryl methyl sites for hydroxylation is 2. The molecule has 30 heavy (non-hydrogen) atoms. The normalized spacial score (nSPS) is 14.2. The first-order chi connectivity index (χ1) is 14.5. The summed E-state index contributed by atoms with van der Waals surface area (Å²) in [6.07, 6.45) is 6.01. The van der Waals surface area contributed by atoms with Gasteiger partial charge in [-0.1, -0.05) is 44.5 Å². The molecule has 0 aromatic heterocycles. The molecular weight excluding hydrogens is 386 g/mol. The largest absolute Gasteiger partial charge is 0.371 e. The Morgan fingerprint density at radius 3 is 2.77 bits per heavy atom. The smallest absolute Gasteiger partial charge is 0.173 e. The molecule has 0 radical (unpaired) electrons. The number of rotatable bonds is 8. The number of nitrogens with zero attached hydrogens (tertiary/aromatic N) is 2. The maximum atomic E-state index is 5.84. The van der Waals surface area contributed by atoms with Gasteiger partial charge in [-0.2, -0.15) is 0 Å². The van der Waals surface area contributed by atoms with Gasteiger partial charge >= 0.3 is 0 Å². The van der Waals surface area contributed by atoms with E-state index in [9.17, 15) is 0 Å². The van der Waals surface area contributed by atoms with Crippen molar-refractivity contribution in [2.75, 3.05) is 23.3 Å². The van der Waals surface area contributed by atoms with Gasteiger partial charge in [-0.15, -0.1) is 0 Å². The minimum Gasteiger partial charge on any atom is -0.371 e. The number of unbranched alkanes of at least 4 members (excludes halogenated alkanes) is 1. The summed E-state index contributed by atoms with van der Waals surface area (Å²) in [7, 11) is 0. The third-order valence-electron chi connectivity index (χ3n) is 6.15. The van der Waals surface area contributed by atoms with Crippen LogP contribution in [-0.4, -0.2) is 29.1 Å². The quantitative estimate of drug-likeness (QED) is 0.485. The lowest BCUT2D eigenvalue weighted by atomic mass is 9.98. The van der Waals surface area contributed by atoms with Crippen LogP contribution in [0.2, 0.25) is 0 Å². The van der Waals surface area contributed by atoms with E-state index in [-0.39, 0.29) is 0 Å². The van der Waals surface area contributed by atoms with E-state index < -0.39 is 0 Å². The van der Waals surface area contributed by atoms with Crippen molar-refractivity contribution >= 4 is 28.7 Å². The van der Waals surface area contributed by atoms with E-state index in [1.807, 2.05) is 0 Å². The van der Waals surface area contributed by atoms with Crippen LogP contribution >= 0.6 is 12.2 Å². The van der Waals surface area contributed by atoms with Crippen molar-refractivity contribution in [2.24, 2.45) is 0 Å². The van der Waals surface area contributed by atoms with Gasteiger partial charge in [0.1, 0.15) is 0 Å². The SMILES string of the molecule is CCCCN1CCCc2cc(CN(C(=S)Nc3cccc(C)c3)[C@@H](C)CC)ccc21. The number of nitrogens with one attached hydrogen (secondary N) is 1. The van der Waals surface area contributed by atoms with E-state index in [2.05, 4.69) is 85.3 Å². The first-order valence-electron chi connectivity index (χ1n) is 11.5. The lowest BCUT2D eigenvalue weighted by Crippen LogP contribution is -2.40. The predicted octanol–water partition coefficient (Wildman–Crippen LogP) is 6.55. The maximum absolute atomic E-state index is 5.84. The summed E-state index contributed by atoms with van der Waals surface area (Å²) in [5.74, 6) is 0. The Labute approximate surface area is 188 Å². The molecular formula is C26H37N3S. The van der Waals surface area contributed by atoms with Crippen molar-refractivity contribution in [1.82, 2.24) is 4.90 Å². The van der Waals surface area contributed by atoms with Crippen LogP contribution in [0, 0.1) is 6.92 Å². The number of thiocarbonyl (C=S) groups is 1. The lowest BCUT2D eigenvalue weighted by Gasteiger charge is -2.34. The summed E-state index contributed by atoms with van der Waals surface area (Å²) in [4.78, 5) is 4.90. The summed E-state index contributed by atoms with van der Waals surface area (Å²) in [6.45, 7) is 12.1. The monoisotopic (exact) mass is 423 g/mol. The van der Waals surface area contributed by atoms with Crippen LogP contribution in [0.5, 0.6) is 0 Å². The van der Waals surface area contributed by atoms with E-state index in [1.54, 1.807) is 0 Å². The molecule has 1 aliphatic heterocycles. The lowest BCUT2D eigenvalue weighted by molar-refractivity contribution is 0.319. The van der Waals surface area contributed by atoms with Crippen LogP contribution < -0.4 is 10.2 Å². The highest BCUT2D eigenvalue weighted by molar-refractivity contribution is 7.80. The van der Waals surface area contributed by atoms with Crippen LogP contribution in [0.4, 0.5) is 11.4 Å². The van der Waals surface area contributed by atoms with Crippen molar-refractivity contribution in [1.29, 1.82) is 0 Å². The summed E-state index contributed by atoms with van der Waals surface area (Å²) in [5.41, 5.74) is 6.58. The molecule has 0 bridgehead atoms. The highest BCUT2D eigenvalue weighted by atomic mass is 32.1. The van der Waals surface area contributed by atoms with Crippen LogP contribution in [0.3, 0.4) is 0 Å². The van der Waals surface area contributed by atoms with Gasteiger partial charge < -0.3 is 15.1 Å². The number of hydrogen-bond acceptors (Lipinski definition) is 2.